The molecule has 2 aromatic rings. The van der Waals surface area contributed by atoms with Gasteiger partial charge < -0.3 is 10.4 Å². The molecule has 0 spiro atoms. The number of aliphatic hydroxyl groups excluding tert-OH is 1. The van der Waals surface area contributed by atoms with Gasteiger partial charge in [0.05, 0.1) is 23.8 Å². The molecule has 1 aromatic carbocycles. The lowest BCUT2D eigenvalue weighted by atomic mass is 10.3. The van der Waals surface area contributed by atoms with Gasteiger partial charge in [0.2, 0.25) is 0 Å². The summed E-state index contributed by atoms with van der Waals surface area (Å²) in [6.07, 6.45) is 5.14. The van der Waals surface area contributed by atoms with Crippen LogP contribution in [0.4, 0.5) is 0 Å². The number of carbonyl (C=O) groups is 1. The Labute approximate surface area is 155 Å². The predicted octanol–water partition coefficient (Wildman–Crippen LogP) is 1.83. The van der Waals surface area contributed by atoms with Crippen LogP contribution in [0.15, 0.2) is 36.5 Å². The first kappa shape index (κ1) is 18.8. The molecule has 128 valence electrons. The van der Waals surface area contributed by atoms with Crippen molar-refractivity contribution < 1.29 is 9.90 Å². The third-order valence-electron chi connectivity index (χ3n) is 3.53. The zero-order valence-electron chi connectivity index (χ0n) is 13.6. The van der Waals surface area contributed by atoms with E-state index >= 15 is 0 Å². The molecule has 0 unspecified atom stereocenters. The topological polar surface area (TPSA) is 78.4 Å². The Morgan fingerprint density at radius 2 is 2.21 bits per heavy atom. The molecule has 1 amide bonds. The Morgan fingerprint density at radius 1 is 1.38 bits per heavy atom. The van der Waals surface area contributed by atoms with E-state index in [1.54, 1.807) is 6.08 Å². The maximum absolute atomic E-state index is 12.2. The summed E-state index contributed by atoms with van der Waals surface area (Å²) in [5.74, 6) is -0.218. The summed E-state index contributed by atoms with van der Waals surface area (Å²) < 4.78 is 1.08. The molecule has 0 fully saturated rings. The number of likely N-dealkylation sites (N-methyl/N-ethyl adjacent to an activating group) is 1. The average Bonchev–Trinajstić information content (AvgIpc) is 2.59. The standard InChI is InChI=1S/C17H21IN4O2/c1-2-22(8-3-4-10-23)9-7-19-17(24)16-12-20-15-11-13(18)5-6-14(15)21-16/h3-6,11-12,23H,2,7-10H2,1H3,(H,19,24)/b4-3+. The normalized spacial score (nSPS) is 11.5. The fourth-order valence-corrected chi connectivity index (χ4v) is 2.66. The van der Waals surface area contributed by atoms with E-state index in [0.29, 0.717) is 17.8 Å². The SMILES string of the molecule is CCN(C/C=C/CO)CCNC(=O)c1cnc2cc(I)ccc2n1. The Morgan fingerprint density at radius 3 is 2.96 bits per heavy atom. The Balaban J connectivity index is 1.90. The molecule has 24 heavy (non-hydrogen) atoms. The molecule has 1 heterocycles. The highest BCUT2D eigenvalue weighted by Gasteiger charge is 2.09. The van der Waals surface area contributed by atoms with Gasteiger partial charge in [0, 0.05) is 23.2 Å². The van der Waals surface area contributed by atoms with Gasteiger partial charge in [-0.3, -0.25) is 14.7 Å². The second-order valence-electron chi connectivity index (χ2n) is 5.19. The van der Waals surface area contributed by atoms with Crippen LogP contribution in [0.3, 0.4) is 0 Å². The van der Waals surface area contributed by atoms with Crippen molar-refractivity contribution in [1.29, 1.82) is 0 Å². The summed E-state index contributed by atoms with van der Waals surface area (Å²) in [5.41, 5.74) is 1.82. The maximum Gasteiger partial charge on any atom is 0.271 e. The van der Waals surface area contributed by atoms with Gasteiger partial charge in [0.1, 0.15) is 5.69 Å². The van der Waals surface area contributed by atoms with E-state index in [1.807, 2.05) is 24.3 Å². The van der Waals surface area contributed by atoms with Crippen molar-refractivity contribution in [3.63, 3.8) is 0 Å². The summed E-state index contributed by atoms with van der Waals surface area (Å²) in [6, 6.07) is 5.75. The number of amides is 1. The van der Waals surface area contributed by atoms with Crippen molar-refractivity contribution in [2.45, 2.75) is 6.92 Å². The third kappa shape index (κ3) is 5.50. The fraction of sp³-hybridized carbons (Fsp3) is 0.353. The van der Waals surface area contributed by atoms with Crippen LogP contribution in [-0.2, 0) is 0 Å². The van der Waals surface area contributed by atoms with Crippen LogP contribution in [0.2, 0.25) is 0 Å². The Kier molecular flexibility index (Phi) is 7.54. The van der Waals surface area contributed by atoms with Gasteiger partial charge >= 0.3 is 0 Å². The minimum absolute atomic E-state index is 0.0496. The van der Waals surface area contributed by atoms with Crippen LogP contribution < -0.4 is 5.32 Å². The molecular formula is C17H21IN4O2. The Bertz CT molecular complexity index is 721. The minimum atomic E-state index is -0.218. The summed E-state index contributed by atoms with van der Waals surface area (Å²) in [4.78, 5) is 23.0. The smallest absolute Gasteiger partial charge is 0.271 e. The first-order valence-corrected chi connectivity index (χ1v) is 8.90. The molecule has 0 aliphatic rings. The lowest BCUT2D eigenvalue weighted by Crippen LogP contribution is -2.35. The van der Waals surface area contributed by atoms with Crippen LogP contribution >= 0.6 is 22.6 Å². The molecule has 0 bridgehead atoms. The quantitative estimate of drug-likeness (QED) is 0.484. The number of nitrogens with one attached hydrogen (secondary N) is 1. The number of halogens is 1. The highest BCUT2D eigenvalue weighted by atomic mass is 127. The van der Waals surface area contributed by atoms with E-state index in [4.69, 9.17) is 5.11 Å². The summed E-state index contributed by atoms with van der Waals surface area (Å²) in [7, 11) is 0. The van der Waals surface area contributed by atoms with Crippen molar-refractivity contribution in [2.24, 2.45) is 0 Å². The Hall–Kier alpha value is -1.58. The molecule has 7 heteroatoms. The van der Waals surface area contributed by atoms with Gasteiger partial charge in [0.15, 0.2) is 0 Å². The zero-order chi connectivity index (χ0) is 17.4. The third-order valence-corrected chi connectivity index (χ3v) is 4.20. The van der Waals surface area contributed by atoms with Crippen molar-refractivity contribution in [1.82, 2.24) is 20.2 Å². The number of hydrogen-bond donors (Lipinski definition) is 2. The molecule has 1 aromatic heterocycles. The second kappa shape index (κ2) is 9.65. The summed E-state index contributed by atoms with van der Waals surface area (Å²) in [6.45, 7) is 5.00. The highest BCUT2D eigenvalue weighted by Crippen LogP contribution is 2.13. The molecule has 0 radical (unpaired) electrons. The van der Waals surface area contributed by atoms with Crippen molar-refractivity contribution in [2.75, 3.05) is 32.8 Å². The number of nitrogens with zero attached hydrogens (tertiary/aromatic N) is 3. The number of aliphatic hydroxyl groups is 1. The molecule has 0 atom stereocenters. The van der Waals surface area contributed by atoms with Crippen molar-refractivity contribution in [3.05, 3.63) is 45.8 Å². The fourth-order valence-electron chi connectivity index (χ4n) is 2.19. The van der Waals surface area contributed by atoms with E-state index in [0.717, 1.165) is 28.7 Å². The molecule has 2 N–H and O–H groups in total. The summed E-state index contributed by atoms with van der Waals surface area (Å²) in [5, 5.41) is 11.6. The maximum atomic E-state index is 12.2. The zero-order valence-corrected chi connectivity index (χ0v) is 15.7. The lowest BCUT2D eigenvalue weighted by Gasteiger charge is -2.18. The molecule has 0 saturated heterocycles. The molecule has 0 aliphatic heterocycles. The van der Waals surface area contributed by atoms with Gasteiger partial charge in [-0.05, 0) is 47.3 Å². The van der Waals surface area contributed by atoms with E-state index < -0.39 is 0 Å². The van der Waals surface area contributed by atoms with Crippen LogP contribution in [0.5, 0.6) is 0 Å². The number of carbonyl (C=O) groups excluding carboxylic acids is 1. The molecular weight excluding hydrogens is 419 g/mol. The van der Waals surface area contributed by atoms with Crippen molar-refractivity contribution in [3.8, 4) is 0 Å². The lowest BCUT2D eigenvalue weighted by molar-refractivity contribution is 0.0944. The van der Waals surface area contributed by atoms with Crippen LogP contribution in [0.25, 0.3) is 11.0 Å². The van der Waals surface area contributed by atoms with E-state index in [9.17, 15) is 4.79 Å². The van der Waals surface area contributed by atoms with E-state index in [1.165, 1.54) is 6.20 Å². The monoisotopic (exact) mass is 440 g/mol. The van der Waals surface area contributed by atoms with E-state index in [-0.39, 0.29) is 12.5 Å². The number of benzene rings is 1. The first-order chi connectivity index (χ1) is 11.6. The highest BCUT2D eigenvalue weighted by molar-refractivity contribution is 14.1. The van der Waals surface area contributed by atoms with Crippen LogP contribution in [0, 0.1) is 3.57 Å². The molecule has 6 nitrogen and oxygen atoms in total. The molecule has 2 rings (SSSR count). The van der Waals surface area contributed by atoms with Gasteiger partial charge in [-0.2, -0.15) is 0 Å². The van der Waals surface area contributed by atoms with Gasteiger partial charge in [-0.15, -0.1) is 0 Å². The van der Waals surface area contributed by atoms with Gasteiger partial charge in [-0.1, -0.05) is 19.1 Å². The number of fused-ring (bicyclic) bond motifs is 1. The van der Waals surface area contributed by atoms with E-state index in [2.05, 4.69) is 49.7 Å². The molecule has 0 aliphatic carbocycles. The molecule has 0 saturated carbocycles. The predicted molar refractivity (Wildman–Crippen MR) is 103 cm³/mol. The first-order valence-electron chi connectivity index (χ1n) is 7.82. The van der Waals surface area contributed by atoms with Gasteiger partial charge in [-0.25, -0.2) is 4.98 Å². The number of rotatable bonds is 8. The second-order valence-corrected chi connectivity index (χ2v) is 6.44. The van der Waals surface area contributed by atoms with Crippen molar-refractivity contribution >= 4 is 39.5 Å². The largest absolute Gasteiger partial charge is 0.392 e. The van der Waals surface area contributed by atoms with Gasteiger partial charge in [0.25, 0.3) is 5.91 Å². The minimum Gasteiger partial charge on any atom is -0.392 e. The summed E-state index contributed by atoms with van der Waals surface area (Å²) >= 11 is 2.22. The van der Waals surface area contributed by atoms with Crippen LogP contribution in [0.1, 0.15) is 17.4 Å². The number of hydrogen-bond acceptors (Lipinski definition) is 5. The van der Waals surface area contributed by atoms with Crippen LogP contribution in [-0.4, -0.2) is 58.7 Å². The number of aromatic nitrogens is 2. The average molecular weight is 440 g/mol.